The molecular weight excluding hydrogens is 272 g/mol. The maximum Gasteiger partial charge on any atom is 0.128 e. The molecule has 0 aliphatic carbocycles. The van der Waals surface area contributed by atoms with E-state index in [1.54, 1.807) is 17.7 Å². The first kappa shape index (κ1) is 12.6. The van der Waals surface area contributed by atoms with E-state index in [0.29, 0.717) is 0 Å². The summed E-state index contributed by atoms with van der Waals surface area (Å²) in [6, 6.07) is 10.5. The minimum Gasteiger partial charge on any atom is -0.229 e. The molecule has 2 heterocycles. The van der Waals surface area contributed by atoms with Crippen LogP contribution in [0.1, 0.15) is 13.3 Å². The van der Waals surface area contributed by atoms with Gasteiger partial charge in [0.1, 0.15) is 16.2 Å². The molecule has 3 rings (SSSR count). The number of hydrogen-bond acceptors (Lipinski definition) is 4. The standard InChI is InChI=1S/C15H14N2S2/c1-2-8-18-14-13-12(11-6-4-3-5-7-11)9-19-15(13)17-10-16-14/h3-7,9-10H,2,8H2,1H3. The molecule has 0 saturated heterocycles. The van der Waals surface area contributed by atoms with Crippen LogP contribution in [0, 0.1) is 0 Å². The van der Waals surface area contributed by atoms with E-state index >= 15 is 0 Å². The van der Waals surface area contributed by atoms with E-state index in [-0.39, 0.29) is 0 Å². The van der Waals surface area contributed by atoms with Crippen molar-refractivity contribution >= 4 is 33.3 Å². The van der Waals surface area contributed by atoms with Gasteiger partial charge in [0.15, 0.2) is 0 Å². The topological polar surface area (TPSA) is 25.8 Å². The van der Waals surface area contributed by atoms with Gasteiger partial charge >= 0.3 is 0 Å². The highest BCUT2D eigenvalue weighted by Gasteiger charge is 2.12. The first-order chi connectivity index (χ1) is 9.40. The number of fused-ring (bicyclic) bond motifs is 1. The van der Waals surface area contributed by atoms with Gasteiger partial charge in [-0.05, 0) is 17.7 Å². The van der Waals surface area contributed by atoms with Crippen molar-refractivity contribution in [3.05, 3.63) is 42.0 Å². The maximum absolute atomic E-state index is 4.46. The van der Waals surface area contributed by atoms with Gasteiger partial charge in [-0.25, -0.2) is 9.97 Å². The van der Waals surface area contributed by atoms with Crippen LogP contribution in [0.3, 0.4) is 0 Å². The van der Waals surface area contributed by atoms with Crippen LogP contribution >= 0.6 is 23.1 Å². The number of thiophene rings is 1. The van der Waals surface area contributed by atoms with E-state index in [9.17, 15) is 0 Å². The van der Waals surface area contributed by atoms with Gasteiger partial charge in [0, 0.05) is 10.9 Å². The Morgan fingerprint density at radius 3 is 2.79 bits per heavy atom. The Kier molecular flexibility index (Phi) is 3.80. The van der Waals surface area contributed by atoms with E-state index in [2.05, 4.69) is 46.5 Å². The average molecular weight is 286 g/mol. The zero-order valence-electron chi connectivity index (χ0n) is 10.7. The minimum atomic E-state index is 1.08. The highest BCUT2D eigenvalue weighted by atomic mass is 32.2. The Balaban J connectivity index is 2.15. The summed E-state index contributed by atoms with van der Waals surface area (Å²) in [6.07, 6.45) is 2.83. The van der Waals surface area contributed by atoms with Crippen LogP contribution in [-0.4, -0.2) is 15.7 Å². The zero-order chi connectivity index (χ0) is 13.1. The quantitative estimate of drug-likeness (QED) is 0.506. The van der Waals surface area contributed by atoms with Crippen LogP contribution in [-0.2, 0) is 0 Å². The summed E-state index contributed by atoms with van der Waals surface area (Å²) >= 11 is 3.51. The van der Waals surface area contributed by atoms with Gasteiger partial charge < -0.3 is 0 Å². The zero-order valence-corrected chi connectivity index (χ0v) is 12.3. The second-order valence-electron chi connectivity index (χ2n) is 4.22. The third-order valence-electron chi connectivity index (χ3n) is 2.86. The molecule has 0 aliphatic rings. The summed E-state index contributed by atoms with van der Waals surface area (Å²) < 4.78 is 0. The summed E-state index contributed by atoms with van der Waals surface area (Å²) in [5, 5.41) is 4.49. The van der Waals surface area contributed by atoms with Gasteiger partial charge in [0.2, 0.25) is 0 Å². The fraction of sp³-hybridized carbons (Fsp3) is 0.200. The molecule has 2 aromatic heterocycles. The van der Waals surface area contributed by atoms with E-state index < -0.39 is 0 Å². The van der Waals surface area contributed by atoms with Crippen LogP contribution in [0.4, 0.5) is 0 Å². The summed E-state index contributed by atoms with van der Waals surface area (Å²) in [4.78, 5) is 9.93. The predicted molar refractivity (Wildman–Crippen MR) is 83.9 cm³/mol. The van der Waals surface area contributed by atoms with Crippen molar-refractivity contribution in [3.63, 3.8) is 0 Å². The number of aromatic nitrogens is 2. The van der Waals surface area contributed by atoms with Gasteiger partial charge in [0.05, 0.1) is 5.39 Å². The van der Waals surface area contributed by atoms with E-state index in [4.69, 9.17) is 0 Å². The first-order valence-electron chi connectivity index (χ1n) is 6.30. The molecule has 0 radical (unpaired) electrons. The highest BCUT2D eigenvalue weighted by Crippen LogP contribution is 2.37. The smallest absolute Gasteiger partial charge is 0.128 e. The van der Waals surface area contributed by atoms with Crippen molar-refractivity contribution in [2.45, 2.75) is 18.4 Å². The monoisotopic (exact) mass is 286 g/mol. The molecule has 0 bridgehead atoms. The molecule has 0 atom stereocenters. The Labute approximate surface area is 120 Å². The number of hydrogen-bond donors (Lipinski definition) is 0. The summed E-state index contributed by atoms with van der Waals surface area (Å²) in [5.74, 6) is 1.09. The normalized spacial score (nSPS) is 11.0. The van der Waals surface area contributed by atoms with Crippen LogP contribution in [0.15, 0.2) is 47.1 Å². The molecule has 3 aromatic rings. The molecule has 0 N–H and O–H groups in total. The number of benzene rings is 1. The lowest BCUT2D eigenvalue weighted by molar-refractivity contribution is 1.08. The van der Waals surface area contributed by atoms with Crippen LogP contribution in [0.25, 0.3) is 21.3 Å². The summed E-state index contributed by atoms with van der Waals surface area (Å²) in [7, 11) is 0. The first-order valence-corrected chi connectivity index (χ1v) is 8.17. The summed E-state index contributed by atoms with van der Waals surface area (Å²) in [5.41, 5.74) is 2.49. The van der Waals surface area contributed by atoms with E-state index in [1.165, 1.54) is 16.5 Å². The number of nitrogens with zero attached hydrogens (tertiary/aromatic N) is 2. The number of rotatable bonds is 4. The molecule has 1 aromatic carbocycles. The fourth-order valence-corrected chi connectivity index (χ4v) is 3.84. The summed E-state index contributed by atoms with van der Waals surface area (Å²) in [6.45, 7) is 2.19. The van der Waals surface area contributed by atoms with Crippen molar-refractivity contribution in [1.82, 2.24) is 9.97 Å². The second kappa shape index (κ2) is 5.72. The van der Waals surface area contributed by atoms with E-state index in [1.807, 2.05) is 17.8 Å². The van der Waals surface area contributed by atoms with Crippen molar-refractivity contribution in [2.24, 2.45) is 0 Å². The molecule has 4 heteroatoms. The highest BCUT2D eigenvalue weighted by molar-refractivity contribution is 7.99. The lowest BCUT2D eigenvalue weighted by Crippen LogP contribution is -1.86. The fourth-order valence-electron chi connectivity index (χ4n) is 1.99. The molecule has 0 aliphatic heterocycles. The van der Waals surface area contributed by atoms with Crippen LogP contribution < -0.4 is 0 Å². The van der Waals surface area contributed by atoms with Crippen molar-refractivity contribution < 1.29 is 0 Å². The SMILES string of the molecule is CCCSc1ncnc2scc(-c3ccccc3)c12. The van der Waals surface area contributed by atoms with Gasteiger partial charge in [-0.1, -0.05) is 37.3 Å². The average Bonchev–Trinajstić information content (AvgIpc) is 2.90. The lowest BCUT2D eigenvalue weighted by atomic mass is 10.1. The molecule has 96 valence electrons. The third kappa shape index (κ3) is 2.51. The van der Waals surface area contributed by atoms with Crippen LogP contribution in [0.2, 0.25) is 0 Å². The van der Waals surface area contributed by atoms with Crippen molar-refractivity contribution in [2.75, 3.05) is 5.75 Å². The number of thioether (sulfide) groups is 1. The molecule has 2 nitrogen and oxygen atoms in total. The van der Waals surface area contributed by atoms with Gasteiger partial charge in [-0.3, -0.25) is 0 Å². The molecule has 0 unspecified atom stereocenters. The molecule has 0 spiro atoms. The Hall–Kier alpha value is -1.39. The van der Waals surface area contributed by atoms with Gasteiger partial charge in [-0.15, -0.1) is 23.1 Å². The minimum absolute atomic E-state index is 1.08. The van der Waals surface area contributed by atoms with Crippen molar-refractivity contribution in [1.29, 1.82) is 0 Å². The molecular formula is C15H14N2S2. The van der Waals surface area contributed by atoms with Gasteiger partial charge in [0.25, 0.3) is 0 Å². The lowest BCUT2D eigenvalue weighted by Gasteiger charge is -2.04. The molecule has 0 amide bonds. The van der Waals surface area contributed by atoms with E-state index in [0.717, 1.165) is 22.0 Å². The van der Waals surface area contributed by atoms with Crippen molar-refractivity contribution in [3.8, 4) is 11.1 Å². The third-order valence-corrected chi connectivity index (χ3v) is 4.94. The Morgan fingerprint density at radius 1 is 1.16 bits per heavy atom. The maximum atomic E-state index is 4.46. The molecule has 19 heavy (non-hydrogen) atoms. The Bertz CT molecular complexity index is 677. The molecule has 0 saturated carbocycles. The van der Waals surface area contributed by atoms with Gasteiger partial charge in [-0.2, -0.15) is 0 Å². The van der Waals surface area contributed by atoms with Crippen LogP contribution in [0.5, 0.6) is 0 Å². The second-order valence-corrected chi connectivity index (χ2v) is 6.16. The molecule has 0 fully saturated rings. The Morgan fingerprint density at radius 2 is 2.00 bits per heavy atom. The predicted octanol–water partition coefficient (Wildman–Crippen LogP) is 4.86. The largest absolute Gasteiger partial charge is 0.229 e.